The Kier molecular flexibility index (Phi) is 12.8. The first-order chi connectivity index (χ1) is 19.3. The molecule has 0 aromatic heterocycles. The minimum Gasteiger partial charge on any atom is -0.547 e. The van der Waals surface area contributed by atoms with Gasteiger partial charge in [0.25, 0.3) is 0 Å². The quantitative estimate of drug-likeness (QED) is 0.286. The maximum Gasteiger partial charge on any atom is 1.00 e. The Morgan fingerprint density at radius 2 is 1.76 bits per heavy atom. The zero-order valence-electron chi connectivity index (χ0n) is 26.5. The Labute approximate surface area is 274 Å². The molecule has 3 saturated carbocycles. The standard InChI is InChI=1S/C34H52O7.Na/c1-19(2)20(3)9-10-22(5)26-15-16-27-23(8-7-17-34(26,27)6)12-13-24-18-25(14-11-21(24)4)40-33-30(37)28(35)29(36)31(41-33)32(38)39;/h9-10,12-13,19-20,22,25-31,33,35-37H,4,7-8,11,14-18H2,1-3,5-6H3,(H,38,39);/q;+1/p-1/b10-9+,23-12+,24-13+;/t20-,22+,25-,26+,27-,28-,29-,30+,31-,33+,34+;/m0./s1. The van der Waals surface area contributed by atoms with Crippen molar-refractivity contribution >= 4 is 5.97 Å². The van der Waals surface area contributed by atoms with Crippen molar-refractivity contribution in [2.24, 2.45) is 35.0 Å². The molecular formula is C34H51NaO7. The summed E-state index contributed by atoms with van der Waals surface area (Å²) in [5, 5.41) is 41.8. The summed E-state index contributed by atoms with van der Waals surface area (Å²) in [4.78, 5) is 11.4. The summed E-state index contributed by atoms with van der Waals surface area (Å²) in [7, 11) is 0. The Balaban J connectivity index is 0.00000484. The predicted molar refractivity (Wildman–Crippen MR) is 156 cm³/mol. The van der Waals surface area contributed by atoms with Crippen LogP contribution in [-0.2, 0) is 14.3 Å². The van der Waals surface area contributed by atoms with Gasteiger partial charge < -0.3 is 34.7 Å². The summed E-state index contributed by atoms with van der Waals surface area (Å²) in [6, 6.07) is 0. The summed E-state index contributed by atoms with van der Waals surface area (Å²) >= 11 is 0. The van der Waals surface area contributed by atoms with E-state index in [0.29, 0.717) is 54.3 Å². The van der Waals surface area contributed by atoms with Crippen LogP contribution in [0.3, 0.4) is 0 Å². The zero-order valence-corrected chi connectivity index (χ0v) is 28.5. The molecule has 230 valence electrons. The van der Waals surface area contributed by atoms with Gasteiger partial charge in [0, 0.05) is 0 Å². The molecule has 0 radical (unpaired) electrons. The maximum absolute atomic E-state index is 11.4. The summed E-state index contributed by atoms with van der Waals surface area (Å²) < 4.78 is 11.2. The topological polar surface area (TPSA) is 119 Å². The van der Waals surface area contributed by atoms with Crippen LogP contribution in [0.25, 0.3) is 0 Å². The van der Waals surface area contributed by atoms with Crippen LogP contribution in [0.2, 0.25) is 0 Å². The van der Waals surface area contributed by atoms with E-state index < -0.39 is 36.7 Å². The third kappa shape index (κ3) is 7.71. The first-order valence-electron chi connectivity index (χ1n) is 15.7. The third-order valence-corrected chi connectivity index (χ3v) is 10.7. The summed E-state index contributed by atoms with van der Waals surface area (Å²) in [5.41, 5.74) is 3.96. The largest absolute Gasteiger partial charge is 1.00 e. The Morgan fingerprint density at radius 1 is 1.05 bits per heavy atom. The number of carboxylic acids is 1. The van der Waals surface area contributed by atoms with E-state index in [2.05, 4.69) is 65.5 Å². The number of ether oxygens (including phenoxy) is 2. The van der Waals surface area contributed by atoms with Gasteiger partial charge >= 0.3 is 29.6 Å². The molecule has 8 heteroatoms. The van der Waals surface area contributed by atoms with Gasteiger partial charge in [-0.05, 0) is 91.9 Å². The van der Waals surface area contributed by atoms with E-state index in [-0.39, 0.29) is 35.7 Å². The molecule has 0 bridgehead atoms. The number of carbonyl (C=O) groups excluding carboxylic acids is 1. The Bertz CT molecular complexity index is 1050. The minimum absolute atomic E-state index is 0. The van der Waals surface area contributed by atoms with Crippen LogP contribution in [0, 0.1) is 35.0 Å². The van der Waals surface area contributed by atoms with E-state index in [4.69, 9.17) is 9.47 Å². The second-order valence-corrected chi connectivity index (χ2v) is 13.7. The van der Waals surface area contributed by atoms with Crippen LogP contribution >= 0.6 is 0 Å². The van der Waals surface area contributed by atoms with Crippen LogP contribution < -0.4 is 34.7 Å². The van der Waals surface area contributed by atoms with Gasteiger partial charge in [-0.3, -0.25) is 0 Å². The predicted octanol–water partition coefficient (Wildman–Crippen LogP) is 1.23. The van der Waals surface area contributed by atoms with Gasteiger partial charge in [-0.2, -0.15) is 0 Å². The van der Waals surface area contributed by atoms with Gasteiger partial charge in [0.15, 0.2) is 6.29 Å². The molecule has 1 heterocycles. The van der Waals surface area contributed by atoms with Gasteiger partial charge in [-0.1, -0.05) is 76.6 Å². The van der Waals surface area contributed by atoms with Crippen LogP contribution in [0.1, 0.15) is 86.0 Å². The van der Waals surface area contributed by atoms with Crippen molar-refractivity contribution in [2.75, 3.05) is 0 Å². The monoisotopic (exact) mass is 594 g/mol. The summed E-state index contributed by atoms with van der Waals surface area (Å²) in [6.07, 6.45) is 8.79. The molecule has 0 aromatic rings. The molecule has 3 N–H and O–H groups in total. The molecule has 0 unspecified atom stereocenters. The number of aliphatic hydroxyl groups is 3. The molecular weight excluding hydrogens is 543 g/mol. The minimum atomic E-state index is -1.79. The first-order valence-corrected chi connectivity index (χ1v) is 15.7. The van der Waals surface area contributed by atoms with Crippen LogP contribution in [0.5, 0.6) is 0 Å². The van der Waals surface area contributed by atoms with Gasteiger partial charge in [0.2, 0.25) is 0 Å². The molecule has 42 heavy (non-hydrogen) atoms. The van der Waals surface area contributed by atoms with Crippen molar-refractivity contribution in [3.05, 3.63) is 47.6 Å². The Morgan fingerprint density at radius 3 is 2.43 bits per heavy atom. The molecule has 4 rings (SSSR count). The zero-order chi connectivity index (χ0) is 30.1. The fourth-order valence-electron chi connectivity index (χ4n) is 7.69. The normalized spacial score (nSPS) is 40.7. The molecule has 1 aliphatic heterocycles. The van der Waals surface area contributed by atoms with E-state index in [1.54, 1.807) is 0 Å². The average molecular weight is 595 g/mol. The number of fused-ring (bicyclic) bond motifs is 1. The van der Waals surface area contributed by atoms with Crippen molar-refractivity contribution in [3.8, 4) is 0 Å². The fraction of sp³-hybridized carbons (Fsp3) is 0.735. The molecule has 0 spiro atoms. The second-order valence-electron chi connectivity index (χ2n) is 13.7. The maximum atomic E-state index is 11.4. The second kappa shape index (κ2) is 15.0. The van der Waals surface area contributed by atoms with E-state index in [1.807, 2.05) is 0 Å². The number of carboxylic acid groups (broad SMARTS) is 1. The number of hydrogen-bond donors (Lipinski definition) is 3. The molecule has 4 fully saturated rings. The van der Waals surface area contributed by atoms with Gasteiger partial charge in [0.1, 0.15) is 24.4 Å². The van der Waals surface area contributed by atoms with Crippen molar-refractivity contribution < 1.29 is 64.3 Å². The molecule has 11 atom stereocenters. The molecule has 1 saturated heterocycles. The average Bonchev–Trinajstić information content (AvgIpc) is 3.29. The first kappa shape index (κ1) is 35.7. The van der Waals surface area contributed by atoms with E-state index in [1.165, 1.54) is 31.3 Å². The number of carbonyl (C=O) groups is 1. The fourth-order valence-corrected chi connectivity index (χ4v) is 7.69. The van der Waals surface area contributed by atoms with Crippen molar-refractivity contribution in [1.29, 1.82) is 0 Å². The van der Waals surface area contributed by atoms with Crippen molar-refractivity contribution in [2.45, 2.75) is 123 Å². The molecule has 3 aliphatic carbocycles. The van der Waals surface area contributed by atoms with Gasteiger partial charge in [-0.25, -0.2) is 0 Å². The molecule has 4 aliphatic rings. The Hall–Kier alpha value is -0.770. The number of aliphatic hydroxyl groups excluding tert-OH is 3. The van der Waals surface area contributed by atoms with E-state index >= 15 is 0 Å². The van der Waals surface area contributed by atoms with Crippen LogP contribution in [0.4, 0.5) is 0 Å². The van der Waals surface area contributed by atoms with E-state index in [9.17, 15) is 25.2 Å². The number of rotatable bonds is 8. The number of allylic oxidation sites excluding steroid dienone is 6. The summed E-state index contributed by atoms with van der Waals surface area (Å²) in [5.74, 6) is 1.41. The number of hydrogen-bond acceptors (Lipinski definition) is 7. The SMILES string of the molecule is C=C1CC[C@H](O[C@@H]2O[C@H](C(=O)[O-])[C@@H](O)[C@H](O)[C@H]2O)C/C1=C\C=C1/CCC[C@]2(C)[C@@H]([C@H](C)/C=C/[C@H](C)C(C)C)CC[C@@H]12.[Na+]. The van der Waals surface area contributed by atoms with Crippen LogP contribution in [0.15, 0.2) is 47.6 Å². The number of aliphatic carboxylic acids is 1. The van der Waals surface area contributed by atoms with Gasteiger partial charge in [-0.15, -0.1) is 0 Å². The van der Waals surface area contributed by atoms with E-state index in [0.717, 1.165) is 17.6 Å². The smallest absolute Gasteiger partial charge is 0.547 e. The van der Waals surface area contributed by atoms with Gasteiger partial charge in [0.05, 0.1) is 12.1 Å². The summed E-state index contributed by atoms with van der Waals surface area (Å²) in [6.45, 7) is 16.1. The van der Waals surface area contributed by atoms with Crippen LogP contribution in [-0.4, -0.2) is 58.1 Å². The van der Waals surface area contributed by atoms with Crippen molar-refractivity contribution in [1.82, 2.24) is 0 Å². The molecule has 0 aromatic carbocycles. The van der Waals surface area contributed by atoms with Crippen molar-refractivity contribution in [3.63, 3.8) is 0 Å². The molecule has 7 nitrogen and oxygen atoms in total. The third-order valence-electron chi connectivity index (χ3n) is 10.7. The molecule has 0 amide bonds.